The summed E-state index contributed by atoms with van der Waals surface area (Å²) in [6.45, 7) is 1.35. The number of hydrogen-bond acceptors (Lipinski definition) is 3. The summed E-state index contributed by atoms with van der Waals surface area (Å²) < 4.78 is 13.9. The molecule has 110 valence electrons. The Morgan fingerprint density at radius 3 is 2.62 bits per heavy atom. The second kappa shape index (κ2) is 6.95. The molecule has 0 radical (unpaired) electrons. The van der Waals surface area contributed by atoms with Crippen LogP contribution in [0, 0.1) is 11.2 Å². The summed E-state index contributed by atoms with van der Waals surface area (Å²) in [4.78, 5) is 6.05. The fraction of sp³-hybridized carbons (Fsp3) is 0.250. The maximum absolute atomic E-state index is 13.9. The lowest BCUT2D eigenvalue weighted by atomic mass is 10.1. The molecular formula is C16H19FN4. The zero-order valence-electron chi connectivity index (χ0n) is 12.0. The van der Waals surface area contributed by atoms with Gasteiger partial charge in [0, 0.05) is 36.6 Å². The van der Waals surface area contributed by atoms with Crippen LogP contribution in [0.1, 0.15) is 16.7 Å². The summed E-state index contributed by atoms with van der Waals surface area (Å²) in [5, 5.41) is 7.30. The van der Waals surface area contributed by atoms with E-state index < -0.39 is 0 Å². The van der Waals surface area contributed by atoms with Crippen molar-refractivity contribution in [2.24, 2.45) is 5.73 Å². The van der Waals surface area contributed by atoms with Crippen LogP contribution in [0.2, 0.25) is 0 Å². The quantitative estimate of drug-likeness (QED) is 0.632. The van der Waals surface area contributed by atoms with Gasteiger partial charge in [0.05, 0.1) is 0 Å². The highest BCUT2D eigenvalue weighted by Crippen LogP contribution is 2.12. The molecule has 1 aromatic carbocycles. The molecule has 0 fully saturated rings. The number of nitrogen functional groups attached to an aromatic ring is 1. The summed E-state index contributed by atoms with van der Waals surface area (Å²) in [5.41, 5.74) is 7.58. The number of halogens is 1. The summed E-state index contributed by atoms with van der Waals surface area (Å²) in [7, 11) is 1.96. The first-order chi connectivity index (χ1) is 10.1. The first kappa shape index (κ1) is 15.1. The molecule has 2 aromatic rings. The Labute approximate surface area is 123 Å². The summed E-state index contributed by atoms with van der Waals surface area (Å²) in [5.74, 6) is -0.440. The molecule has 2 rings (SSSR count). The molecule has 0 atom stereocenters. The van der Waals surface area contributed by atoms with Crippen molar-refractivity contribution in [1.29, 1.82) is 5.41 Å². The van der Waals surface area contributed by atoms with Gasteiger partial charge in [-0.05, 0) is 37.2 Å². The fourth-order valence-corrected chi connectivity index (χ4v) is 2.08. The zero-order valence-corrected chi connectivity index (χ0v) is 12.0. The van der Waals surface area contributed by atoms with Gasteiger partial charge in [0.15, 0.2) is 0 Å². The van der Waals surface area contributed by atoms with Crippen molar-refractivity contribution in [3.63, 3.8) is 0 Å². The van der Waals surface area contributed by atoms with Gasteiger partial charge in [-0.3, -0.25) is 10.4 Å². The minimum absolute atomic E-state index is 0.119. The van der Waals surface area contributed by atoms with Crippen LogP contribution in [0.4, 0.5) is 4.39 Å². The average molecular weight is 286 g/mol. The number of likely N-dealkylation sites (N-methyl/N-ethyl adjacent to an activating group) is 1. The molecular weight excluding hydrogens is 267 g/mol. The molecule has 0 aliphatic rings. The summed E-state index contributed by atoms with van der Waals surface area (Å²) >= 11 is 0. The minimum atomic E-state index is -0.321. The van der Waals surface area contributed by atoms with E-state index in [2.05, 4.69) is 9.88 Å². The smallest absolute Gasteiger partial charge is 0.128 e. The van der Waals surface area contributed by atoms with Crippen molar-refractivity contribution < 1.29 is 4.39 Å². The molecule has 0 spiro atoms. The first-order valence-electron chi connectivity index (χ1n) is 6.76. The molecule has 3 N–H and O–H groups in total. The predicted molar refractivity (Wildman–Crippen MR) is 81.7 cm³/mol. The van der Waals surface area contributed by atoms with Gasteiger partial charge in [-0.25, -0.2) is 4.39 Å². The number of nitrogens with two attached hydrogens (primary N) is 1. The first-order valence-corrected chi connectivity index (χ1v) is 6.76. The van der Waals surface area contributed by atoms with E-state index in [0.717, 1.165) is 13.0 Å². The van der Waals surface area contributed by atoms with Gasteiger partial charge in [-0.1, -0.05) is 12.1 Å². The van der Waals surface area contributed by atoms with E-state index in [9.17, 15) is 4.39 Å². The Kier molecular flexibility index (Phi) is 5.00. The molecule has 0 amide bonds. The van der Waals surface area contributed by atoms with E-state index in [1.54, 1.807) is 24.5 Å². The number of pyridine rings is 1. The molecule has 0 bridgehead atoms. The van der Waals surface area contributed by atoms with E-state index in [-0.39, 0.29) is 11.7 Å². The van der Waals surface area contributed by atoms with Crippen LogP contribution in [0.3, 0.4) is 0 Å². The average Bonchev–Trinajstić information content (AvgIpc) is 2.48. The van der Waals surface area contributed by atoms with Crippen LogP contribution >= 0.6 is 0 Å². The van der Waals surface area contributed by atoms with Gasteiger partial charge in [-0.2, -0.15) is 0 Å². The third-order valence-electron chi connectivity index (χ3n) is 3.34. The molecule has 0 saturated heterocycles. The summed E-state index contributed by atoms with van der Waals surface area (Å²) in [6.07, 6.45) is 4.44. The molecule has 1 heterocycles. The number of nitrogens with one attached hydrogen (secondary N) is 1. The Morgan fingerprint density at radius 2 is 2.00 bits per heavy atom. The molecule has 0 unspecified atom stereocenters. The topological polar surface area (TPSA) is 66.0 Å². The van der Waals surface area contributed by atoms with E-state index in [4.69, 9.17) is 11.1 Å². The van der Waals surface area contributed by atoms with Crippen LogP contribution in [-0.4, -0.2) is 29.3 Å². The third kappa shape index (κ3) is 4.36. The lowest BCUT2D eigenvalue weighted by Gasteiger charge is -2.17. The largest absolute Gasteiger partial charge is 0.384 e. The lowest BCUT2D eigenvalue weighted by molar-refractivity contribution is 0.325. The van der Waals surface area contributed by atoms with Crippen molar-refractivity contribution in [1.82, 2.24) is 9.88 Å². The Hall–Kier alpha value is -2.27. The standard InChI is InChI=1S/C16H19FN4/c1-21(9-6-12-4-7-20-8-5-12)11-14-3-2-13(16(18)19)10-15(14)17/h2-5,7-8,10H,6,9,11H2,1H3,(H3,18,19). The van der Waals surface area contributed by atoms with Crippen LogP contribution in [0.25, 0.3) is 0 Å². The highest BCUT2D eigenvalue weighted by molar-refractivity contribution is 5.94. The Bertz CT molecular complexity index is 613. The Morgan fingerprint density at radius 1 is 1.29 bits per heavy atom. The fourth-order valence-electron chi connectivity index (χ4n) is 2.08. The third-order valence-corrected chi connectivity index (χ3v) is 3.34. The number of aromatic nitrogens is 1. The van der Waals surface area contributed by atoms with Gasteiger partial charge < -0.3 is 10.6 Å². The normalized spacial score (nSPS) is 10.8. The van der Waals surface area contributed by atoms with Crippen LogP contribution in [0.15, 0.2) is 42.7 Å². The van der Waals surface area contributed by atoms with E-state index in [1.807, 2.05) is 19.2 Å². The van der Waals surface area contributed by atoms with Gasteiger partial charge in [0.2, 0.25) is 0 Å². The second-order valence-electron chi connectivity index (χ2n) is 5.06. The Balaban J connectivity index is 1.93. The SMILES string of the molecule is CN(CCc1ccncc1)Cc1ccc(C(=N)N)cc1F. The van der Waals surface area contributed by atoms with Gasteiger partial charge >= 0.3 is 0 Å². The number of amidine groups is 1. The lowest BCUT2D eigenvalue weighted by Crippen LogP contribution is -2.21. The molecule has 0 aliphatic heterocycles. The van der Waals surface area contributed by atoms with Gasteiger partial charge in [0.1, 0.15) is 11.7 Å². The highest BCUT2D eigenvalue weighted by atomic mass is 19.1. The van der Waals surface area contributed by atoms with Gasteiger partial charge in [0.25, 0.3) is 0 Å². The number of rotatable bonds is 6. The van der Waals surface area contributed by atoms with Crippen LogP contribution < -0.4 is 5.73 Å². The highest BCUT2D eigenvalue weighted by Gasteiger charge is 2.08. The number of benzene rings is 1. The molecule has 4 nitrogen and oxygen atoms in total. The number of nitrogens with zero attached hydrogens (tertiary/aromatic N) is 2. The van der Waals surface area contributed by atoms with E-state index >= 15 is 0 Å². The van der Waals surface area contributed by atoms with Crippen molar-refractivity contribution in [2.75, 3.05) is 13.6 Å². The second-order valence-corrected chi connectivity index (χ2v) is 5.06. The van der Waals surface area contributed by atoms with Crippen LogP contribution in [-0.2, 0) is 13.0 Å². The molecule has 0 saturated carbocycles. The molecule has 21 heavy (non-hydrogen) atoms. The molecule has 1 aromatic heterocycles. The maximum atomic E-state index is 13.9. The minimum Gasteiger partial charge on any atom is -0.384 e. The monoisotopic (exact) mass is 286 g/mol. The van der Waals surface area contributed by atoms with Crippen molar-refractivity contribution >= 4 is 5.84 Å². The van der Waals surface area contributed by atoms with E-state index in [0.29, 0.717) is 17.7 Å². The number of hydrogen-bond donors (Lipinski definition) is 2. The predicted octanol–water partition coefficient (Wildman–Crippen LogP) is 2.18. The summed E-state index contributed by atoms with van der Waals surface area (Å²) in [6, 6.07) is 8.65. The van der Waals surface area contributed by atoms with Crippen molar-refractivity contribution in [3.8, 4) is 0 Å². The zero-order chi connectivity index (χ0) is 15.2. The van der Waals surface area contributed by atoms with Gasteiger partial charge in [-0.15, -0.1) is 0 Å². The molecule has 0 aliphatic carbocycles. The maximum Gasteiger partial charge on any atom is 0.128 e. The van der Waals surface area contributed by atoms with E-state index in [1.165, 1.54) is 11.6 Å². The van der Waals surface area contributed by atoms with Crippen LogP contribution in [0.5, 0.6) is 0 Å². The molecule has 5 heteroatoms. The van der Waals surface area contributed by atoms with Crippen molar-refractivity contribution in [2.45, 2.75) is 13.0 Å². The van der Waals surface area contributed by atoms with Crippen molar-refractivity contribution in [3.05, 3.63) is 65.2 Å².